The van der Waals surface area contributed by atoms with Crippen LogP contribution in [0, 0.1) is 30.9 Å². The van der Waals surface area contributed by atoms with Gasteiger partial charge in [-0.3, -0.25) is 20.7 Å². The van der Waals surface area contributed by atoms with E-state index in [-0.39, 0.29) is 17.1 Å². The fourth-order valence-electron chi connectivity index (χ4n) is 3.95. The van der Waals surface area contributed by atoms with Crippen molar-refractivity contribution in [2.75, 3.05) is 16.3 Å². The monoisotopic (exact) mass is 469 g/mol. The van der Waals surface area contributed by atoms with Crippen LogP contribution in [0.15, 0.2) is 60.7 Å². The van der Waals surface area contributed by atoms with Crippen molar-refractivity contribution in [2.24, 2.45) is 0 Å². The Morgan fingerprint density at radius 3 is 2.20 bits per heavy atom. The van der Waals surface area contributed by atoms with Crippen molar-refractivity contribution >= 4 is 45.7 Å². The first-order valence-corrected chi connectivity index (χ1v) is 10.9. The highest BCUT2D eigenvalue weighted by molar-refractivity contribution is 5.96. The van der Waals surface area contributed by atoms with Gasteiger partial charge in [0, 0.05) is 17.8 Å². The van der Waals surface area contributed by atoms with E-state index in [2.05, 4.69) is 5.43 Å². The second-order valence-electron chi connectivity index (χ2n) is 8.47. The number of hydrogen-bond acceptors (Lipinski definition) is 7. The van der Waals surface area contributed by atoms with E-state index in [0.717, 1.165) is 32.8 Å². The number of non-ortho nitro benzene ring substituents is 1. The molecule has 4 aromatic carbocycles. The van der Waals surface area contributed by atoms with Crippen LogP contribution in [-0.4, -0.2) is 10.1 Å². The van der Waals surface area contributed by atoms with E-state index in [1.54, 1.807) is 49.4 Å². The average Bonchev–Trinajstić information content (AvgIpc) is 2.81. The number of nitrogens with zero attached hydrogens (tertiary/aromatic N) is 2. The number of aryl methyl sites for hydroxylation is 3. The van der Waals surface area contributed by atoms with Gasteiger partial charge in [-0.15, -0.1) is 0 Å². The van der Waals surface area contributed by atoms with Crippen LogP contribution in [0.1, 0.15) is 27.8 Å². The molecule has 0 saturated carbocycles. The van der Waals surface area contributed by atoms with Gasteiger partial charge in [0.2, 0.25) is 0 Å². The van der Waals surface area contributed by atoms with Gasteiger partial charge in [-0.25, -0.2) is 0 Å². The highest BCUT2D eigenvalue weighted by Crippen LogP contribution is 2.35. The molecular formula is C27H25N4O4-. The molecule has 0 saturated heterocycles. The normalized spacial score (nSPS) is 11.2. The molecule has 4 aromatic rings. The largest absolute Gasteiger partial charge is 0.871 e. The highest BCUT2D eigenvalue weighted by atomic mass is 16.6. The predicted molar refractivity (Wildman–Crippen MR) is 138 cm³/mol. The Morgan fingerprint density at radius 1 is 0.914 bits per heavy atom. The van der Waals surface area contributed by atoms with Gasteiger partial charge in [0.1, 0.15) is 0 Å². The maximum atomic E-state index is 13.0. The molecule has 0 spiro atoms. The lowest BCUT2D eigenvalue weighted by Crippen LogP contribution is -2.26. The van der Waals surface area contributed by atoms with E-state index >= 15 is 0 Å². The fraction of sp³-hybridized carbons (Fsp3) is 0.111. The van der Waals surface area contributed by atoms with Crippen LogP contribution >= 0.6 is 0 Å². The van der Waals surface area contributed by atoms with Crippen LogP contribution < -0.4 is 21.4 Å². The number of nitro groups is 1. The van der Waals surface area contributed by atoms with Crippen molar-refractivity contribution < 1.29 is 15.2 Å². The number of benzene rings is 4. The number of anilines is 3. The van der Waals surface area contributed by atoms with Crippen LogP contribution in [0.3, 0.4) is 0 Å². The molecule has 0 heterocycles. The van der Waals surface area contributed by atoms with Crippen molar-refractivity contribution in [3.05, 3.63) is 98.6 Å². The van der Waals surface area contributed by atoms with E-state index in [1.165, 1.54) is 6.07 Å². The van der Waals surface area contributed by atoms with Crippen molar-refractivity contribution in [1.29, 1.82) is 0 Å². The first kappa shape index (κ1) is 23.6. The zero-order valence-corrected chi connectivity index (χ0v) is 19.6. The van der Waals surface area contributed by atoms with Crippen LogP contribution in [0.4, 0.5) is 22.7 Å². The molecule has 0 aromatic heterocycles. The summed E-state index contributed by atoms with van der Waals surface area (Å²) in [6, 6.07) is 17.0. The van der Waals surface area contributed by atoms with Gasteiger partial charge in [0.25, 0.3) is 5.69 Å². The predicted octanol–water partition coefficient (Wildman–Crippen LogP) is 5.72. The lowest BCUT2D eigenvalue weighted by Gasteiger charge is -2.26. The minimum Gasteiger partial charge on any atom is -0.871 e. The third kappa shape index (κ3) is 4.87. The molecule has 0 fully saturated rings. The molecule has 0 atom stereocenters. The van der Waals surface area contributed by atoms with Crippen LogP contribution in [0.5, 0.6) is 5.75 Å². The lowest BCUT2D eigenvalue weighted by atomic mass is 10.0. The quantitative estimate of drug-likeness (QED) is 0.143. The summed E-state index contributed by atoms with van der Waals surface area (Å²) >= 11 is 0. The molecular weight excluding hydrogens is 444 g/mol. The molecule has 8 heteroatoms. The standard InChI is InChI=1S/C27H26N4O4/c1-16-13-23(9-6-19(16)4-5-20-7-10-24(31(34)35)14-17(20)2)30(33)29-26-18(3)12-21-15-22(28)8-11-25(21)27(26)32/h4-15,29,32-33H,28H2,1-3H3/p-1. The average molecular weight is 470 g/mol. The third-order valence-corrected chi connectivity index (χ3v) is 5.94. The van der Waals surface area contributed by atoms with Crippen molar-refractivity contribution in [3.8, 4) is 5.75 Å². The molecule has 8 nitrogen and oxygen atoms in total. The number of nitrogen functional groups attached to an aromatic ring is 1. The Kier molecular flexibility index (Phi) is 6.31. The number of hydrogen-bond donors (Lipinski definition) is 3. The molecule has 0 aliphatic heterocycles. The lowest BCUT2D eigenvalue weighted by molar-refractivity contribution is -0.384. The summed E-state index contributed by atoms with van der Waals surface area (Å²) in [6.45, 7) is 5.52. The molecule has 35 heavy (non-hydrogen) atoms. The summed E-state index contributed by atoms with van der Waals surface area (Å²) < 4.78 is 0. The summed E-state index contributed by atoms with van der Waals surface area (Å²) in [5, 5.41) is 36.6. The summed E-state index contributed by atoms with van der Waals surface area (Å²) in [4.78, 5) is 10.5. The first-order chi connectivity index (χ1) is 16.6. The van der Waals surface area contributed by atoms with Crippen LogP contribution in [0.25, 0.3) is 22.9 Å². The topological polar surface area (TPSA) is 128 Å². The fourth-order valence-corrected chi connectivity index (χ4v) is 3.95. The number of fused-ring (bicyclic) bond motifs is 1. The minimum atomic E-state index is -0.414. The Bertz CT molecular complexity index is 1480. The number of nitrogens with two attached hydrogens (primary N) is 1. The summed E-state index contributed by atoms with van der Waals surface area (Å²) in [5.74, 6) is -0.228. The zero-order chi connectivity index (χ0) is 25.3. The molecule has 4 rings (SSSR count). The summed E-state index contributed by atoms with van der Waals surface area (Å²) in [6.07, 6.45) is 3.81. The van der Waals surface area contributed by atoms with Crippen LogP contribution in [-0.2, 0) is 0 Å². The van der Waals surface area contributed by atoms with Gasteiger partial charge in [0.05, 0.1) is 16.3 Å². The molecule has 0 amide bonds. The Labute approximate surface area is 202 Å². The SMILES string of the molecule is Cc1cc(N(O)Nc2c(C)cc3cc(N)ccc3c2[O-])ccc1C=Cc1ccc([N+](=O)[O-])cc1C. The van der Waals surface area contributed by atoms with Crippen molar-refractivity contribution in [1.82, 2.24) is 0 Å². The number of rotatable bonds is 6. The number of hydrazine groups is 1. The second-order valence-corrected chi connectivity index (χ2v) is 8.47. The molecule has 0 unspecified atom stereocenters. The molecule has 0 bridgehead atoms. The van der Waals surface area contributed by atoms with Crippen LogP contribution in [0.2, 0.25) is 0 Å². The van der Waals surface area contributed by atoms with Gasteiger partial charge in [-0.1, -0.05) is 30.0 Å². The van der Waals surface area contributed by atoms with E-state index < -0.39 is 4.92 Å². The maximum Gasteiger partial charge on any atom is 0.269 e. The maximum absolute atomic E-state index is 13.0. The molecule has 0 aliphatic rings. The van der Waals surface area contributed by atoms with Crippen molar-refractivity contribution in [2.45, 2.75) is 20.8 Å². The summed E-state index contributed by atoms with van der Waals surface area (Å²) in [7, 11) is 0. The smallest absolute Gasteiger partial charge is 0.269 e. The number of nitrogens with one attached hydrogen (secondary N) is 1. The third-order valence-electron chi connectivity index (χ3n) is 5.94. The number of nitro benzene ring substituents is 1. The molecule has 4 N–H and O–H groups in total. The van der Waals surface area contributed by atoms with Gasteiger partial charge < -0.3 is 10.8 Å². The molecule has 178 valence electrons. The first-order valence-electron chi connectivity index (χ1n) is 10.9. The zero-order valence-electron chi connectivity index (χ0n) is 19.6. The highest BCUT2D eigenvalue weighted by Gasteiger charge is 2.11. The van der Waals surface area contributed by atoms with Gasteiger partial charge in [-0.2, -0.15) is 5.17 Å². The van der Waals surface area contributed by atoms with E-state index in [9.17, 15) is 20.4 Å². The van der Waals surface area contributed by atoms with Gasteiger partial charge >= 0.3 is 0 Å². The molecule has 0 aliphatic carbocycles. The van der Waals surface area contributed by atoms with Gasteiger partial charge in [-0.05, 0) is 95.8 Å². The van der Waals surface area contributed by atoms with Crippen molar-refractivity contribution in [3.63, 3.8) is 0 Å². The minimum absolute atomic E-state index is 0.0581. The second kappa shape index (κ2) is 9.36. The molecule has 0 radical (unpaired) electrons. The Balaban J connectivity index is 1.55. The van der Waals surface area contributed by atoms with E-state index in [1.807, 2.05) is 38.1 Å². The Morgan fingerprint density at radius 2 is 1.57 bits per heavy atom. The van der Waals surface area contributed by atoms with E-state index in [4.69, 9.17) is 5.73 Å². The Hall–Kier alpha value is -4.56. The van der Waals surface area contributed by atoms with Gasteiger partial charge in [0.15, 0.2) is 0 Å². The summed E-state index contributed by atoms with van der Waals surface area (Å²) in [5.41, 5.74) is 14.2. The van der Waals surface area contributed by atoms with E-state index in [0.29, 0.717) is 22.3 Å².